The number of nitrogens with zero attached hydrogens (tertiary/aromatic N) is 4. The first-order valence-corrected chi connectivity index (χ1v) is 11.9. The molecule has 4 aromatic rings. The maximum absolute atomic E-state index is 12.1. The van der Waals surface area contributed by atoms with Crippen LogP contribution in [0.3, 0.4) is 0 Å². The lowest BCUT2D eigenvalue weighted by atomic mass is 9.87. The monoisotopic (exact) mass is 505 g/mol. The van der Waals surface area contributed by atoms with Gasteiger partial charge in [-0.05, 0) is 47.4 Å². The van der Waals surface area contributed by atoms with Crippen molar-refractivity contribution in [2.75, 3.05) is 34.0 Å². The highest BCUT2D eigenvalue weighted by atomic mass is 16.5. The van der Waals surface area contributed by atoms with Crippen molar-refractivity contribution in [1.29, 1.82) is 0 Å². The second-order valence-electron chi connectivity index (χ2n) is 9.30. The van der Waals surface area contributed by atoms with Crippen molar-refractivity contribution >= 4 is 11.6 Å². The van der Waals surface area contributed by atoms with Gasteiger partial charge < -0.3 is 24.3 Å². The largest absolute Gasteiger partial charge is 0.493 e. The first kappa shape index (κ1) is 25.7. The van der Waals surface area contributed by atoms with Crippen LogP contribution in [0, 0.1) is 0 Å². The van der Waals surface area contributed by atoms with Crippen molar-refractivity contribution in [2.24, 2.45) is 0 Å². The topological polar surface area (TPSA) is 109 Å². The summed E-state index contributed by atoms with van der Waals surface area (Å²) >= 11 is 0. The summed E-state index contributed by atoms with van der Waals surface area (Å²) < 4.78 is 23.6. The van der Waals surface area contributed by atoms with E-state index in [-0.39, 0.29) is 24.5 Å². The van der Waals surface area contributed by atoms with E-state index < -0.39 is 0 Å². The lowest BCUT2D eigenvalue weighted by Gasteiger charge is -2.19. The maximum atomic E-state index is 12.1. The van der Waals surface area contributed by atoms with Gasteiger partial charge in [0.2, 0.25) is 5.88 Å². The number of amides is 1. The van der Waals surface area contributed by atoms with Gasteiger partial charge in [0.05, 0.1) is 20.8 Å². The molecule has 0 unspecified atom stereocenters. The molecular formula is C27H31N5O5. The van der Waals surface area contributed by atoms with Crippen LogP contribution in [0.5, 0.6) is 23.1 Å². The molecule has 0 fully saturated rings. The Morgan fingerprint density at radius 3 is 2.38 bits per heavy atom. The van der Waals surface area contributed by atoms with Crippen molar-refractivity contribution in [3.8, 4) is 34.5 Å². The molecule has 1 N–H and O–H groups in total. The lowest BCUT2D eigenvalue weighted by molar-refractivity contribution is -0.123. The lowest BCUT2D eigenvalue weighted by Crippen LogP contribution is -2.32. The molecule has 0 atom stereocenters. The molecule has 2 aromatic carbocycles. The standard InChI is InChI=1S/C27H31N5O5/c1-27(2,3)19-7-9-20(10-8-19)37-17-24(33)28-14-15-36-25-13-12-23-29-30-26(32(23)31-25)18-6-11-21(34-4)22(16-18)35-5/h6-13,16H,14-15,17H2,1-5H3,(H,28,33). The Morgan fingerprint density at radius 2 is 1.68 bits per heavy atom. The summed E-state index contributed by atoms with van der Waals surface area (Å²) in [5.41, 5.74) is 2.60. The predicted octanol–water partition coefficient (Wildman–Crippen LogP) is 3.68. The van der Waals surface area contributed by atoms with E-state index in [2.05, 4.69) is 41.4 Å². The molecule has 10 nitrogen and oxygen atoms in total. The van der Waals surface area contributed by atoms with Gasteiger partial charge in [0, 0.05) is 11.6 Å². The second-order valence-corrected chi connectivity index (χ2v) is 9.30. The molecule has 0 saturated carbocycles. The van der Waals surface area contributed by atoms with E-state index in [0.717, 1.165) is 5.56 Å². The average Bonchev–Trinajstić information content (AvgIpc) is 3.32. The third-order valence-corrected chi connectivity index (χ3v) is 5.64. The number of carbonyl (C=O) groups is 1. The first-order valence-electron chi connectivity index (χ1n) is 11.9. The van der Waals surface area contributed by atoms with Crippen LogP contribution in [0.2, 0.25) is 0 Å². The zero-order valence-corrected chi connectivity index (χ0v) is 21.6. The molecule has 2 aromatic heterocycles. The second kappa shape index (κ2) is 11.2. The van der Waals surface area contributed by atoms with E-state index in [4.69, 9.17) is 18.9 Å². The minimum Gasteiger partial charge on any atom is -0.493 e. The minimum atomic E-state index is -0.235. The van der Waals surface area contributed by atoms with Gasteiger partial charge in [-0.3, -0.25) is 4.79 Å². The van der Waals surface area contributed by atoms with E-state index in [1.807, 2.05) is 30.3 Å². The van der Waals surface area contributed by atoms with E-state index in [0.29, 0.717) is 41.1 Å². The summed E-state index contributed by atoms with van der Waals surface area (Å²) in [4.78, 5) is 12.1. The van der Waals surface area contributed by atoms with Crippen LogP contribution in [0.1, 0.15) is 26.3 Å². The molecule has 2 heterocycles. The Kier molecular flexibility index (Phi) is 7.76. The summed E-state index contributed by atoms with van der Waals surface area (Å²) in [7, 11) is 3.15. The van der Waals surface area contributed by atoms with Crippen molar-refractivity contribution in [3.63, 3.8) is 0 Å². The summed E-state index contributed by atoms with van der Waals surface area (Å²) in [6.07, 6.45) is 0. The zero-order chi connectivity index (χ0) is 26.4. The Morgan fingerprint density at radius 1 is 0.919 bits per heavy atom. The molecule has 0 bridgehead atoms. The van der Waals surface area contributed by atoms with Gasteiger partial charge in [0.25, 0.3) is 5.91 Å². The molecule has 0 spiro atoms. The third-order valence-electron chi connectivity index (χ3n) is 5.64. The Balaban J connectivity index is 1.29. The van der Waals surface area contributed by atoms with Gasteiger partial charge in [-0.2, -0.15) is 4.52 Å². The maximum Gasteiger partial charge on any atom is 0.258 e. The highest BCUT2D eigenvalue weighted by molar-refractivity contribution is 5.77. The molecule has 194 valence electrons. The number of methoxy groups -OCH3 is 2. The van der Waals surface area contributed by atoms with Crippen molar-refractivity contribution in [2.45, 2.75) is 26.2 Å². The number of aromatic nitrogens is 4. The number of ether oxygens (including phenoxy) is 4. The molecule has 0 aliphatic carbocycles. The molecule has 1 amide bonds. The van der Waals surface area contributed by atoms with Crippen LogP contribution in [0.4, 0.5) is 0 Å². The minimum absolute atomic E-state index is 0.0640. The quantitative estimate of drug-likeness (QED) is 0.325. The van der Waals surface area contributed by atoms with E-state index >= 15 is 0 Å². The summed E-state index contributed by atoms with van der Waals surface area (Å²) in [5.74, 6) is 2.51. The number of benzene rings is 2. The van der Waals surface area contributed by atoms with Crippen molar-refractivity contribution < 1.29 is 23.7 Å². The van der Waals surface area contributed by atoms with Crippen LogP contribution in [-0.4, -0.2) is 59.7 Å². The molecule has 0 aliphatic rings. The summed E-state index contributed by atoms with van der Waals surface area (Å²) in [6.45, 7) is 6.91. The van der Waals surface area contributed by atoms with Gasteiger partial charge in [0.15, 0.2) is 29.6 Å². The molecule has 0 saturated heterocycles. The SMILES string of the molecule is COc1ccc(-c2nnc3ccc(OCCNC(=O)COc4ccc(C(C)(C)C)cc4)nn23)cc1OC. The number of fused-ring (bicyclic) bond motifs is 1. The third kappa shape index (κ3) is 6.27. The average molecular weight is 506 g/mol. The molecule has 0 radical (unpaired) electrons. The van der Waals surface area contributed by atoms with Gasteiger partial charge in [-0.1, -0.05) is 32.9 Å². The number of nitrogens with one attached hydrogen (secondary N) is 1. The number of hydrogen-bond acceptors (Lipinski definition) is 8. The Bertz CT molecular complexity index is 1360. The summed E-state index contributed by atoms with van der Waals surface area (Å²) in [5, 5.41) is 15.7. The van der Waals surface area contributed by atoms with Gasteiger partial charge >= 0.3 is 0 Å². The zero-order valence-electron chi connectivity index (χ0n) is 21.6. The Labute approximate surface area is 215 Å². The Hall–Kier alpha value is -4.34. The highest BCUT2D eigenvalue weighted by Gasteiger charge is 2.15. The molecule has 10 heteroatoms. The van der Waals surface area contributed by atoms with Crippen molar-refractivity contribution in [3.05, 3.63) is 60.2 Å². The fourth-order valence-electron chi connectivity index (χ4n) is 3.60. The number of carbonyl (C=O) groups excluding carboxylic acids is 1. The molecular weight excluding hydrogens is 474 g/mol. The highest BCUT2D eigenvalue weighted by Crippen LogP contribution is 2.31. The fraction of sp³-hybridized carbons (Fsp3) is 0.333. The smallest absolute Gasteiger partial charge is 0.258 e. The normalized spacial score (nSPS) is 11.3. The van der Waals surface area contributed by atoms with E-state index in [1.54, 1.807) is 43.0 Å². The molecule has 0 aliphatic heterocycles. The van der Waals surface area contributed by atoms with Gasteiger partial charge in [-0.15, -0.1) is 15.3 Å². The predicted molar refractivity (Wildman–Crippen MR) is 138 cm³/mol. The van der Waals surface area contributed by atoms with Crippen LogP contribution < -0.4 is 24.3 Å². The molecule has 37 heavy (non-hydrogen) atoms. The number of hydrogen-bond donors (Lipinski definition) is 1. The van der Waals surface area contributed by atoms with Gasteiger partial charge in [-0.25, -0.2) is 0 Å². The van der Waals surface area contributed by atoms with Crippen LogP contribution in [-0.2, 0) is 10.2 Å². The summed E-state index contributed by atoms with van der Waals surface area (Å²) in [6, 6.07) is 16.7. The first-order chi connectivity index (χ1) is 17.8. The fourth-order valence-corrected chi connectivity index (χ4v) is 3.60. The van der Waals surface area contributed by atoms with E-state index in [9.17, 15) is 4.79 Å². The van der Waals surface area contributed by atoms with Crippen LogP contribution in [0.25, 0.3) is 17.0 Å². The van der Waals surface area contributed by atoms with Crippen LogP contribution >= 0.6 is 0 Å². The van der Waals surface area contributed by atoms with Gasteiger partial charge in [0.1, 0.15) is 12.4 Å². The molecule has 4 rings (SSSR count). The number of rotatable bonds is 10. The van der Waals surface area contributed by atoms with Crippen LogP contribution in [0.15, 0.2) is 54.6 Å². The van der Waals surface area contributed by atoms with Crippen molar-refractivity contribution in [1.82, 2.24) is 25.1 Å². The van der Waals surface area contributed by atoms with E-state index in [1.165, 1.54) is 5.56 Å².